The fraction of sp³-hybridized carbons (Fsp3) is 1.00. The summed E-state index contributed by atoms with van der Waals surface area (Å²) >= 11 is 0. The molecule has 0 aliphatic carbocycles. The van der Waals surface area contributed by atoms with Gasteiger partial charge in [0.25, 0.3) is 0 Å². The number of ether oxygens (including phenoxy) is 1. The third-order valence-corrected chi connectivity index (χ3v) is 2.25. The Kier molecular flexibility index (Phi) is 0.866. The number of hydrogen-bond acceptors (Lipinski definition) is 2. The molecular weight excluding hydrogens is 102 g/mol. The lowest BCUT2D eigenvalue weighted by molar-refractivity contribution is 0.0886. The molecular formula is C6H11NO. The maximum atomic E-state index is 5.22. The van der Waals surface area contributed by atoms with Crippen molar-refractivity contribution in [2.75, 3.05) is 26.7 Å². The van der Waals surface area contributed by atoms with Gasteiger partial charge in [-0.1, -0.05) is 0 Å². The Balaban J connectivity index is 2.00. The van der Waals surface area contributed by atoms with Crippen LogP contribution in [0.3, 0.4) is 0 Å². The molecule has 2 heteroatoms. The highest BCUT2D eigenvalue weighted by Gasteiger charge is 2.42. The molecule has 0 aromatic heterocycles. The molecule has 1 atom stereocenters. The monoisotopic (exact) mass is 113 g/mol. The molecule has 2 nitrogen and oxygen atoms in total. The van der Waals surface area contributed by atoms with Gasteiger partial charge in [-0.05, 0) is 0 Å². The highest BCUT2D eigenvalue weighted by atomic mass is 16.5. The van der Waals surface area contributed by atoms with Crippen LogP contribution in [0.25, 0.3) is 0 Å². The van der Waals surface area contributed by atoms with Crippen LogP contribution in [0, 0.1) is 5.92 Å². The van der Waals surface area contributed by atoms with Crippen LogP contribution in [0.2, 0.25) is 0 Å². The Morgan fingerprint density at radius 1 is 1.38 bits per heavy atom. The van der Waals surface area contributed by atoms with Gasteiger partial charge < -0.3 is 4.74 Å². The van der Waals surface area contributed by atoms with Gasteiger partial charge >= 0.3 is 0 Å². The summed E-state index contributed by atoms with van der Waals surface area (Å²) in [5.74, 6) is 0.875. The van der Waals surface area contributed by atoms with Gasteiger partial charge in [0.1, 0.15) is 0 Å². The maximum absolute atomic E-state index is 5.22. The Hall–Kier alpha value is -0.0800. The fourth-order valence-corrected chi connectivity index (χ4v) is 1.66. The normalized spacial score (nSPS) is 51.4. The zero-order chi connectivity index (χ0) is 5.56. The van der Waals surface area contributed by atoms with Crippen LogP contribution in [0.4, 0.5) is 0 Å². The average molecular weight is 113 g/mol. The molecule has 2 bridgehead atoms. The number of rotatable bonds is 1. The lowest BCUT2D eigenvalue weighted by Crippen LogP contribution is -2.37. The van der Waals surface area contributed by atoms with Crippen LogP contribution in [-0.2, 0) is 4.74 Å². The van der Waals surface area contributed by atoms with Crippen molar-refractivity contribution in [3.8, 4) is 0 Å². The minimum absolute atomic E-state index is 0.565. The van der Waals surface area contributed by atoms with Gasteiger partial charge in [-0.25, -0.2) is 0 Å². The van der Waals surface area contributed by atoms with E-state index in [1.165, 1.54) is 19.6 Å². The zero-order valence-electron chi connectivity index (χ0n) is 5.13. The smallest absolute Gasteiger partial charge is 0.0750 e. The van der Waals surface area contributed by atoms with Crippen molar-refractivity contribution in [2.24, 2.45) is 5.92 Å². The predicted molar refractivity (Wildman–Crippen MR) is 30.7 cm³/mol. The van der Waals surface area contributed by atoms with Crippen LogP contribution in [0.1, 0.15) is 0 Å². The van der Waals surface area contributed by atoms with E-state index >= 15 is 0 Å². The Labute approximate surface area is 49.4 Å². The summed E-state index contributed by atoms with van der Waals surface area (Å²) in [6, 6.07) is 0. The van der Waals surface area contributed by atoms with Crippen molar-refractivity contribution in [3.63, 3.8) is 0 Å². The first-order valence-electron chi connectivity index (χ1n) is 3.15. The molecule has 3 saturated heterocycles. The first kappa shape index (κ1) is 4.77. The summed E-state index contributed by atoms with van der Waals surface area (Å²) in [6.45, 7) is 3.76. The summed E-state index contributed by atoms with van der Waals surface area (Å²) < 4.78 is 5.22. The van der Waals surface area contributed by atoms with E-state index in [0.29, 0.717) is 6.10 Å². The largest absolute Gasteiger partial charge is 0.380 e. The van der Waals surface area contributed by atoms with Gasteiger partial charge in [-0.3, -0.25) is 4.90 Å². The molecule has 3 rings (SSSR count). The molecule has 3 fully saturated rings. The summed E-state index contributed by atoms with van der Waals surface area (Å²) in [4.78, 5) is 2.43. The van der Waals surface area contributed by atoms with Crippen LogP contribution in [0.15, 0.2) is 0 Å². The highest BCUT2D eigenvalue weighted by molar-refractivity contribution is 4.95. The summed E-state index contributed by atoms with van der Waals surface area (Å²) in [6.07, 6.45) is 0.565. The Bertz CT molecular complexity index is 98.7. The number of hydrogen-bond donors (Lipinski definition) is 0. The summed E-state index contributed by atoms with van der Waals surface area (Å²) in [5, 5.41) is 0. The molecule has 0 aromatic carbocycles. The van der Waals surface area contributed by atoms with Crippen molar-refractivity contribution >= 4 is 0 Å². The molecule has 0 amide bonds. The Morgan fingerprint density at radius 2 is 2.12 bits per heavy atom. The molecule has 1 unspecified atom stereocenters. The second-order valence-corrected chi connectivity index (χ2v) is 2.75. The molecule has 0 aromatic rings. The molecule has 3 heterocycles. The van der Waals surface area contributed by atoms with Crippen LogP contribution < -0.4 is 0 Å². The van der Waals surface area contributed by atoms with E-state index in [9.17, 15) is 0 Å². The molecule has 3 aliphatic rings. The zero-order valence-corrected chi connectivity index (χ0v) is 5.13. The van der Waals surface area contributed by atoms with E-state index < -0.39 is 0 Å². The minimum atomic E-state index is 0.565. The van der Waals surface area contributed by atoms with E-state index in [2.05, 4.69) is 4.90 Å². The van der Waals surface area contributed by atoms with Crippen molar-refractivity contribution in [2.45, 2.75) is 6.10 Å². The first-order chi connectivity index (χ1) is 3.90. The SMILES string of the molecule is COC1CN2CC1C2. The van der Waals surface area contributed by atoms with Crippen LogP contribution in [-0.4, -0.2) is 37.7 Å². The molecule has 0 spiro atoms. The van der Waals surface area contributed by atoms with Crippen molar-refractivity contribution in [1.29, 1.82) is 0 Å². The lowest BCUT2D eigenvalue weighted by atomic mass is 10.0. The molecule has 8 heavy (non-hydrogen) atoms. The van der Waals surface area contributed by atoms with Gasteiger partial charge in [-0.2, -0.15) is 0 Å². The lowest BCUT2D eigenvalue weighted by Gasteiger charge is -2.26. The van der Waals surface area contributed by atoms with E-state index in [1.54, 1.807) is 0 Å². The molecule has 46 valence electrons. The standard InChI is InChI=1S/C6H11NO/c1-8-6-4-7-2-5(6)3-7/h5-6H,2-4H2,1H3. The summed E-state index contributed by atoms with van der Waals surface area (Å²) in [5.41, 5.74) is 0. The second-order valence-electron chi connectivity index (χ2n) is 2.75. The van der Waals surface area contributed by atoms with Crippen LogP contribution >= 0.6 is 0 Å². The molecule has 0 N–H and O–H groups in total. The van der Waals surface area contributed by atoms with E-state index in [-0.39, 0.29) is 0 Å². The minimum Gasteiger partial charge on any atom is -0.380 e. The van der Waals surface area contributed by atoms with Gasteiger partial charge in [-0.15, -0.1) is 0 Å². The number of methoxy groups -OCH3 is 1. The van der Waals surface area contributed by atoms with Gasteiger partial charge in [0.15, 0.2) is 0 Å². The number of fused-ring (bicyclic) bond motifs is 1. The second kappa shape index (κ2) is 1.45. The highest BCUT2D eigenvalue weighted by Crippen LogP contribution is 2.29. The Morgan fingerprint density at radius 3 is 2.38 bits per heavy atom. The van der Waals surface area contributed by atoms with Gasteiger partial charge in [0, 0.05) is 32.7 Å². The number of nitrogens with zero attached hydrogens (tertiary/aromatic N) is 1. The van der Waals surface area contributed by atoms with E-state index in [1.807, 2.05) is 7.11 Å². The average Bonchev–Trinajstić information content (AvgIpc) is 2.15. The molecule has 3 aliphatic heterocycles. The molecule has 0 radical (unpaired) electrons. The predicted octanol–water partition coefficient (Wildman–Crippen LogP) is -0.0532. The van der Waals surface area contributed by atoms with Gasteiger partial charge in [0.05, 0.1) is 6.10 Å². The van der Waals surface area contributed by atoms with Crippen molar-refractivity contribution in [3.05, 3.63) is 0 Å². The fourth-order valence-electron chi connectivity index (χ4n) is 1.66. The van der Waals surface area contributed by atoms with Crippen LogP contribution in [0.5, 0.6) is 0 Å². The van der Waals surface area contributed by atoms with Crippen molar-refractivity contribution < 1.29 is 4.74 Å². The third kappa shape index (κ3) is 0.446. The quantitative estimate of drug-likeness (QED) is 0.472. The molecule has 0 saturated carbocycles. The van der Waals surface area contributed by atoms with Crippen molar-refractivity contribution in [1.82, 2.24) is 4.90 Å². The topological polar surface area (TPSA) is 12.5 Å². The van der Waals surface area contributed by atoms with Gasteiger partial charge in [0.2, 0.25) is 0 Å². The van der Waals surface area contributed by atoms with E-state index in [4.69, 9.17) is 4.74 Å². The maximum Gasteiger partial charge on any atom is 0.0750 e. The van der Waals surface area contributed by atoms with E-state index in [0.717, 1.165) is 5.92 Å². The first-order valence-corrected chi connectivity index (χ1v) is 3.15. The summed E-state index contributed by atoms with van der Waals surface area (Å²) in [7, 11) is 1.81. The third-order valence-electron chi connectivity index (χ3n) is 2.25.